The molecular weight excluding hydrogens is 648 g/mol. The highest BCUT2D eigenvalue weighted by atomic mass is 32.2. The van der Waals surface area contributed by atoms with Gasteiger partial charge in [0.15, 0.2) is 0 Å². The predicted molar refractivity (Wildman–Crippen MR) is 180 cm³/mol. The fourth-order valence-corrected chi connectivity index (χ4v) is 7.22. The number of carbonyl (C=O) groups is 2. The van der Waals surface area contributed by atoms with Gasteiger partial charge in [-0.05, 0) is 87.0 Å². The van der Waals surface area contributed by atoms with Crippen molar-refractivity contribution in [3.8, 4) is 5.75 Å². The second-order valence-corrected chi connectivity index (χ2v) is 14.7. The number of thiophene rings is 1. The number of fused-ring (bicyclic) bond motifs is 1. The molecule has 0 radical (unpaired) electrons. The molecule has 3 amide bonds. The van der Waals surface area contributed by atoms with E-state index >= 15 is 0 Å². The summed E-state index contributed by atoms with van der Waals surface area (Å²) in [4.78, 5) is 30.3. The number of anilines is 2. The molecule has 0 bridgehead atoms. The van der Waals surface area contributed by atoms with Gasteiger partial charge in [-0.25, -0.2) is 17.6 Å². The Morgan fingerprint density at radius 1 is 1.15 bits per heavy atom. The summed E-state index contributed by atoms with van der Waals surface area (Å²) in [5, 5.41) is 14.6. The van der Waals surface area contributed by atoms with Crippen LogP contribution in [0.1, 0.15) is 50.4 Å². The standard InChI is InChI=1S/C33H43FN4O7S2/c1-22-19-38(23(2)21-39)32(40)28-18-27(36-47(42,43)31-9-7-17-46-31)14-15-29(28)45-24(3)8-5-6-16-44-30(22)20-37(4)33(41)35-26-12-10-25(34)11-13-26/h7,9-15,17-18,22-24,30,36,39H,5-6,8,16,19-21H2,1-4H3,(H,35,41)/t22-,23+,24+,30+/m0/s1. The van der Waals surface area contributed by atoms with Gasteiger partial charge >= 0.3 is 6.03 Å². The van der Waals surface area contributed by atoms with Crippen LogP contribution in [-0.4, -0.2) is 86.9 Å². The lowest BCUT2D eigenvalue weighted by Crippen LogP contribution is -2.48. The summed E-state index contributed by atoms with van der Waals surface area (Å²) in [6.45, 7) is 6.02. The number of benzene rings is 2. The molecule has 4 rings (SSSR count). The lowest BCUT2D eigenvalue weighted by atomic mass is 10.0. The molecule has 47 heavy (non-hydrogen) atoms. The Bertz CT molecular complexity index is 1590. The molecule has 4 atom stereocenters. The van der Waals surface area contributed by atoms with Gasteiger partial charge in [0.05, 0.1) is 30.4 Å². The monoisotopic (exact) mass is 690 g/mol. The number of ether oxygens (including phenoxy) is 2. The third kappa shape index (κ3) is 9.89. The third-order valence-electron chi connectivity index (χ3n) is 7.96. The molecular formula is C33H43FN4O7S2. The number of likely N-dealkylation sites (N-methyl/N-ethyl adjacent to an activating group) is 1. The Balaban J connectivity index is 1.61. The third-order valence-corrected chi connectivity index (χ3v) is 10.7. The first-order chi connectivity index (χ1) is 22.4. The minimum Gasteiger partial charge on any atom is -0.490 e. The van der Waals surface area contributed by atoms with Crippen LogP contribution in [0.25, 0.3) is 0 Å². The lowest BCUT2D eigenvalue weighted by molar-refractivity contribution is -0.0115. The molecule has 0 spiro atoms. The van der Waals surface area contributed by atoms with Crippen molar-refractivity contribution in [2.45, 2.75) is 62.5 Å². The number of rotatable bonds is 8. The number of carbonyl (C=O) groups excluding carboxylic acids is 2. The quantitative estimate of drug-likeness (QED) is 0.278. The second kappa shape index (κ2) is 16.4. The Morgan fingerprint density at radius 3 is 2.55 bits per heavy atom. The van der Waals surface area contributed by atoms with E-state index in [2.05, 4.69) is 10.0 Å². The molecule has 0 unspecified atom stereocenters. The van der Waals surface area contributed by atoms with Gasteiger partial charge in [-0.15, -0.1) is 11.3 Å². The second-order valence-electron chi connectivity index (χ2n) is 11.9. The van der Waals surface area contributed by atoms with Crippen molar-refractivity contribution in [1.29, 1.82) is 0 Å². The molecule has 0 saturated carbocycles. The van der Waals surface area contributed by atoms with Crippen molar-refractivity contribution in [3.05, 3.63) is 71.4 Å². The number of aliphatic hydroxyl groups excluding tert-OH is 1. The molecule has 0 saturated heterocycles. The normalized spacial score (nSPS) is 20.3. The number of urea groups is 1. The number of aliphatic hydroxyl groups is 1. The average molecular weight is 691 g/mol. The fourth-order valence-electron chi connectivity index (χ4n) is 5.18. The van der Waals surface area contributed by atoms with Crippen LogP contribution in [0.4, 0.5) is 20.6 Å². The first kappa shape index (κ1) is 36.1. The van der Waals surface area contributed by atoms with Crippen LogP contribution in [-0.2, 0) is 14.8 Å². The topological polar surface area (TPSA) is 138 Å². The first-order valence-electron chi connectivity index (χ1n) is 15.6. The van der Waals surface area contributed by atoms with Gasteiger partial charge in [0.25, 0.3) is 15.9 Å². The Hall–Kier alpha value is -3.72. The maximum atomic E-state index is 14.3. The molecule has 1 aliphatic heterocycles. The highest BCUT2D eigenvalue weighted by molar-refractivity contribution is 7.94. The smallest absolute Gasteiger partial charge is 0.321 e. The number of amides is 3. The minimum absolute atomic E-state index is 0.139. The van der Waals surface area contributed by atoms with Crippen molar-refractivity contribution in [2.24, 2.45) is 5.92 Å². The molecule has 2 heterocycles. The number of nitrogens with zero attached hydrogens (tertiary/aromatic N) is 2. The number of hydrogen-bond acceptors (Lipinski definition) is 8. The van der Waals surface area contributed by atoms with E-state index in [1.807, 2.05) is 13.8 Å². The van der Waals surface area contributed by atoms with E-state index in [1.165, 1.54) is 46.2 Å². The average Bonchev–Trinajstić information content (AvgIpc) is 3.60. The SMILES string of the molecule is C[C@@H]1CCCCO[C@H](CN(C)C(=O)Nc2ccc(F)cc2)[C@@H](C)CN([C@H](C)CO)C(=O)c2cc(NS(=O)(=O)c3cccs3)ccc2O1. The highest BCUT2D eigenvalue weighted by Crippen LogP contribution is 2.30. The van der Waals surface area contributed by atoms with E-state index in [9.17, 15) is 27.5 Å². The van der Waals surface area contributed by atoms with E-state index < -0.39 is 39.9 Å². The van der Waals surface area contributed by atoms with Gasteiger partial charge < -0.3 is 29.7 Å². The predicted octanol–water partition coefficient (Wildman–Crippen LogP) is 5.65. The van der Waals surface area contributed by atoms with Crippen LogP contribution >= 0.6 is 11.3 Å². The molecule has 1 aromatic heterocycles. The number of nitrogens with one attached hydrogen (secondary N) is 2. The van der Waals surface area contributed by atoms with Crippen LogP contribution in [0.2, 0.25) is 0 Å². The minimum atomic E-state index is -3.87. The van der Waals surface area contributed by atoms with E-state index in [1.54, 1.807) is 37.6 Å². The van der Waals surface area contributed by atoms with E-state index in [0.29, 0.717) is 24.5 Å². The zero-order chi connectivity index (χ0) is 34.1. The van der Waals surface area contributed by atoms with Crippen LogP contribution in [0.15, 0.2) is 64.2 Å². The molecule has 14 heteroatoms. The molecule has 3 N–H and O–H groups in total. The maximum Gasteiger partial charge on any atom is 0.321 e. The molecule has 11 nitrogen and oxygen atoms in total. The summed E-state index contributed by atoms with van der Waals surface area (Å²) < 4.78 is 54.5. The van der Waals surface area contributed by atoms with Crippen LogP contribution in [0.5, 0.6) is 5.75 Å². The molecule has 2 aromatic carbocycles. The van der Waals surface area contributed by atoms with E-state index in [0.717, 1.165) is 24.2 Å². The van der Waals surface area contributed by atoms with Gasteiger partial charge in [0, 0.05) is 44.0 Å². The van der Waals surface area contributed by atoms with E-state index in [4.69, 9.17) is 9.47 Å². The summed E-state index contributed by atoms with van der Waals surface area (Å²) in [7, 11) is -2.24. The fraction of sp³-hybridized carbons (Fsp3) is 0.455. The summed E-state index contributed by atoms with van der Waals surface area (Å²) in [6, 6.07) is 12.2. The molecule has 0 fully saturated rings. The number of sulfonamides is 1. The maximum absolute atomic E-state index is 14.3. The van der Waals surface area contributed by atoms with Crippen molar-refractivity contribution in [2.75, 3.05) is 43.4 Å². The van der Waals surface area contributed by atoms with E-state index in [-0.39, 0.29) is 47.2 Å². The molecule has 256 valence electrons. The molecule has 0 aliphatic carbocycles. The Labute approximate surface area is 279 Å². The Morgan fingerprint density at radius 2 is 1.87 bits per heavy atom. The highest BCUT2D eigenvalue weighted by Gasteiger charge is 2.31. The summed E-state index contributed by atoms with van der Waals surface area (Å²) in [5.74, 6) is -0.836. The summed E-state index contributed by atoms with van der Waals surface area (Å²) in [6.07, 6.45) is 1.49. The summed E-state index contributed by atoms with van der Waals surface area (Å²) >= 11 is 1.08. The number of halogens is 1. The van der Waals surface area contributed by atoms with Crippen molar-refractivity contribution < 1.29 is 37.0 Å². The summed E-state index contributed by atoms with van der Waals surface area (Å²) in [5.41, 5.74) is 0.799. The zero-order valence-corrected chi connectivity index (χ0v) is 28.7. The van der Waals surface area contributed by atoms with Crippen molar-refractivity contribution in [3.63, 3.8) is 0 Å². The Kier molecular flexibility index (Phi) is 12.6. The zero-order valence-electron chi connectivity index (χ0n) is 27.0. The largest absolute Gasteiger partial charge is 0.490 e. The van der Waals surface area contributed by atoms with Gasteiger partial charge in [-0.3, -0.25) is 9.52 Å². The van der Waals surface area contributed by atoms with Gasteiger partial charge in [0.1, 0.15) is 15.8 Å². The molecule has 3 aromatic rings. The van der Waals surface area contributed by atoms with Gasteiger partial charge in [-0.2, -0.15) is 0 Å². The van der Waals surface area contributed by atoms with Crippen LogP contribution < -0.4 is 14.8 Å². The first-order valence-corrected chi connectivity index (χ1v) is 17.9. The van der Waals surface area contributed by atoms with Crippen molar-refractivity contribution in [1.82, 2.24) is 9.80 Å². The van der Waals surface area contributed by atoms with Gasteiger partial charge in [0.2, 0.25) is 0 Å². The lowest BCUT2D eigenvalue weighted by Gasteiger charge is -2.35. The molecule has 1 aliphatic rings. The van der Waals surface area contributed by atoms with Crippen LogP contribution in [0, 0.1) is 11.7 Å². The van der Waals surface area contributed by atoms with Crippen LogP contribution in [0.3, 0.4) is 0 Å². The van der Waals surface area contributed by atoms with Gasteiger partial charge in [-0.1, -0.05) is 13.0 Å². The van der Waals surface area contributed by atoms with Crippen molar-refractivity contribution >= 4 is 44.7 Å². The number of hydrogen-bond donors (Lipinski definition) is 3.